The van der Waals surface area contributed by atoms with Crippen molar-refractivity contribution in [3.63, 3.8) is 0 Å². The van der Waals surface area contributed by atoms with Crippen molar-refractivity contribution >= 4 is 11.8 Å². The van der Waals surface area contributed by atoms with Gasteiger partial charge in [0.15, 0.2) is 31.5 Å². The number of hydrogen-bond acceptors (Lipinski definition) is 25. The molecule has 61 heavy (non-hydrogen) atoms. The SMILES string of the molecule is CC(=O)N[C@@H]1[C@@H](O)[C@H](O[C@@H]2O[C@H](CO)[C@H](O)[C@H](O[C@H]3O[C@H](CO)[C@H](O)[C@H](O[C@@H]4O[C@H](CO)[C@H](O)[C@H](O)[C@H]4NC(C)=O)[C@H]3O)[C@H]2O[C@@H]2O[C@@H](C)[C@@H](O)[C@@H](O)[C@@H]2O)[C@@H](CO)O[C@H]1O. The van der Waals surface area contributed by atoms with Gasteiger partial charge in [0.1, 0.15) is 116 Å². The van der Waals surface area contributed by atoms with Gasteiger partial charge < -0.3 is 125 Å². The van der Waals surface area contributed by atoms with Crippen molar-refractivity contribution in [3.05, 3.63) is 0 Å². The highest BCUT2D eigenvalue weighted by Crippen LogP contribution is 2.37. The molecule has 25 atom stereocenters. The van der Waals surface area contributed by atoms with Crippen LogP contribution in [0.15, 0.2) is 0 Å². The van der Waals surface area contributed by atoms with Crippen LogP contribution < -0.4 is 10.6 Å². The predicted molar refractivity (Wildman–Crippen MR) is 188 cm³/mol. The molecule has 5 heterocycles. The summed E-state index contributed by atoms with van der Waals surface area (Å²) in [5.74, 6) is -1.46. The van der Waals surface area contributed by atoms with Crippen LogP contribution in [0, 0.1) is 0 Å². The van der Waals surface area contributed by atoms with Gasteiger partial charge in [-0.15, -0.1) is 0 Å². The molecule has 0 unspecified atom stereocenters. The summed E-state index contributed by atoms with van der Waals surface area (Å²) in [5.41, 5.74) is 0. The first kappa shape index (κ1) is 50.0. The second-order valence-electron chi connectivity index (χ2n) is 15.4. The minimum atomic E-state index is -2.18. The van der Waals surface area contributed by atoms with E-state index in [1.165, 1.54) is 6.92 Å². The lowest BCUT2D eigenvalue weighted by Crippen LogP contribution is -2.70. The maximum absolute atomic E-state index is 12.0. The topological polar surface area (TPSA) is 424 Å². The zero-order valence-corrected chi connectivity index (χ0v) is 33.0. The second-order valence-corrected chi connectivity index (χ2v) is 15.4. The molecule has 5 rings (SSSR count). The zero-order chi connectivity index (χ0) is 45.2. The molecule has 2 amide bonds. The summed E-state index contributed by atoms with van der Waals surface area (Å²) >= 11 is 0. The van der Waals surface area contributed by atoms with Crippen molar-refractivity contribution in [1.82, 2.24) is 10.6 Å². The van der Waals surface area contributed by atoms with Crippen molar-refractivity contribution in [2.75, 3.05) is 26.4 Å². The van der Waals surface area contributed by atoms with E-state index in [0.29, 0.717) is 0 Å². The standard InChI is InChI=1S/C34H58N2O25/c1-8-17(43)23(49)24(50)32(53-8)61-29-28(20(46)13(6-39)57-34(29)58-26-14(7-40)54-30(52)15(22(26)48)35-9(2)41)60-33-25(51)27(19(45)12(5-38)56-33)59-31-16(36-10(3)42)21(47)18(44)11(4-37)55-31/h8,11-34,37-40,43-52H,4-7H2,1-3H3,(H,35,41)(H,36,42)/t8-,11+,12+,13+,14+,15+,16+,17+,18-,19-,20-,21+,22+,23+,24-,25+,26+,27-,28-,29+,30+,31-,32-,33+,34-/m0/s1. The molecule has 0 aromatic rings. The number of carbonyl (C=O) groups is 2. The summed E-state index contributed by atoms with van der Waals surface area (Å²) < 4.78 is 52.0. The second kappa shape index (κ2) is 21.3. The van der Waals surface area contributed by atoms with E-state index in [1.54, 1.807) is 0 Å². The summed E-state index contributed by atoms with van der Waals surface area (Å²) in [5, 5.41) is 154. The summed E-state index contributed by atoms with van der Waals surface area (Å²) in [4.78, 5) is 24.0. The lowest BCUT2D eigenvalue weighted by molar-refractivity contribution is -0.405. The van der Waals surface area contributed by atoms with E-state index >= 15 is 0 Å². The van der Waals surface area contributed by atoms with Gasteiger partial charge in [-0.25, -0.2) is 0 Å². The van der Waals surface area contributed by atoms with Crippen molar-refractivity contribution in [2.24, 2.45) is 0 Å². The fraction of sp³-hybridized carbons (Fsp3) is 0.941. The van der Waals surface area contributed by atoms with Crippen LogP contribution in [0.5, 0.6) is 0 Å². The third-order valence-electron chi connectivity index (χ3n) is 11.1. The van der Waals surface area contributed by atoms with Crippen LogP contribution in [0.25, 0.3) is 0 Å². The van der Waals surface area contributed by atoms with Crippen LogP contribution >= 0.6 is 0 Å². The number of rotatable bonds is 14. The summed E-state index contributed by atoms with van der Waals surface area (Å²) in [6, 6.07) is -3.14. The highest BCUT2D eigenvalue weighted by molar-refractivity contribution is 5.73. The van der Waals surface area contributed by atoms with E-state index in [9.17, 15) is 81.1 Å². The first-order valence-electron chi connectivity index (χ1n) is 19.5. The van der Waals surface area contributed by atoms with E-state index < -0.39 is 192 Å². The molecule has 0 aromatic heterocycles. The molecular weight excluding hydrogens is 836 g/mol. The molecule has 0 radical (unpaired) electrons. The average molecular weight is 895 g/mol. The first-order valence-corrected chi connectivity index (χ1v) is 19.5. The van der Waals surface area contributed by atoms with Crippen molar-refractivity contribution in [2.45, 2.75) is 174 Å². The number of amides is 2. The van der Waals surface area contributed by atoms with Gasteiger partial charge in [0.2, 0.25) is 11.8 Å². The predicted octanol–water partition coefficient (Wildman–Crippen LogP) is -10.6. The lowest BCUT2D eigenvalue weighted by atomic mass is 9.94. The van der Waals surface area contributed by atoms with Crippen LogP contribution in [0.3, 0.4) is 0 Å². The molecule has 5 aliphatic heterocycles. The molecule has 0 spiro atoms. The maximum Gasteiger partial charge on any atom is 0.217 e. The quantitative estimate of drug-likeness (QED) is 0.0770. The van der Waals surface area contributed by atoms with E-state index in [1.807, 2.05) is 0 Å². The van der Waals surface area contributed by atoms with E-state index in [-0.39, 0.29) is 0 Å². The van der Waals surface area contributed by atoms with E-state index in [0.717, 1.165) is 13.8 Å². The van der Waals surface area contributed by atoms with Gasteiger partial charge in [-0.2, -0.15) is 0 Å². The molecule has 0 aromatic carbocycles. The van der Waals surface area contributed by atoms with Crippen LogP contribution in [0.2, 0.25) is 0 Å². The Morgan fingerprint density at radius 1 is 0.426 bits per heavy atom. The Morgan fingerprint density at radius 2 is 0.885 bits per heavy atom. The molecule has 354 valence electrons. The zero-order valence-electron chi connectivity index (χ0n) is 33.0. The minimum Gasteiger partial charge on any atom is -0.394 e. The fourth-order valence-corrected chi connectivity index (χ4v) is 7.75. The Kier molecular flexibility index (Phi) is 17.5. The Hall–Kier alpha value is -1.98. The molecule has 0 aliphatic carbocycles. The van der Waals surface area contributed by atoms with Crippen molar-refractivity contribution in [1.29, 1.82) is 0 Å². The van der Waals surface area contributed by atoms with Gasteiger partial charge in [-0.3, -0.25) is 9.59 Å². The van der Waals surface area contributed by atoms with E-state index in [4.69, 9.17) is 42.6 Å². The van der Waals surface area contributed by atoms with Crippen LogP contribution in [-0.4, -0.2) is 263 Å². The van der Waals surface area contributed by atoms with Gasteiger partial charge >= 0.3 is 0 Å². The lowest BCUT2D eigenvalue weighted by Gasteiger charge is -2.51. The molecule has 5 fully saturated rings. The first-order chi connectivity index (χ1) is 28.8. The minimum absolute atomic E-state index is 0.722. The fourth-order valence-electron chi connectivity index (χ4n) is 7.75. The number of hydrogen-bond donors (Lipinski definition) is 16. The average Bonchev–Trinajstić information content (AvgIpc) is 3.22. The molecule has 0 saturated carbocycles. The third-order valence-corrected chi connectivity index (χ3v) is 11.1. The van der Waals surface area contributed by atoms with Gasteiger partial charge in [-0.05, 0) is 6.92 Å². The third kappa shape index (κ3) is 10.8. The number of aliphatic hydroxyl groups is 14. The van der Waals surface area contributed by atoms with Gasteiger partial charge in [-0.1, -0.05) is 0 Å². The Morgan fingerprint density at radius 3 is 1.46 bits per heavy atom. The van der Waals surface area contributed by atoms with E-state index in [2.05, 4.69) is 10.6 Å². The molecule has 0 bridgehead atoms. The molecule has 27 heteroatoms. The van der Waals surface area contributed by atoms with Gasteiger partial charge in [0, 0.05) is 13.8 Å². The Labute approximate surface area is 346 Å². The molecule has 27 nitrogen and oxygen atoms in total. The number of aliphatic hydroxyl groups excluding tert-OH is 14. The highest BCUT2D eigenvalue weighted by Gasteiger charge is 2.58. The van der Waals surface area contributed by atoms with Crippen LogP contribution in [0.1, 0.15) is 20.8 Å². The largest absolute Gasteiger partial charge is 0.394 e. The normalized spacial score (nSPS) is 49.6. The Bertz CT molecular complexity index is 1420. The monoisotopic (exact) mass is 894 g/mol. The number of ether oxygens (including phenoxy) is 9. The highest BCUT2D eigenvalue weighted by atomic mass is 16.8. The molecule has 16 N–H and O–H groups in total. The summed E-state index contributed by atoms with van der Waals surface area (Å²) in [7, 11) is 0. The van der Waals surface area contributed by atoms with Crippen LogP contribution in [0.4, 0.5) is 0 Å². The number of carbonyl (C=O) groups excluding carboxylic acids is 2. The molecule has 5 aliphatic rings. The Balaban J connectivity index is 1.51. The molecular formula is C34H58N2O25. The van der Waals surface area contributed by atoms with Crippen molar-refractivity contribution < 1.29 is 124 Å². The van der Waals surface area contributed by atoms with Crippen molar-refractivity contribution in [3.8, 4) is 0 Å². The van der Waals surface area contributed by atoms with Gasteiger partial charge in [0.25, 0.3) is 0 Å². The summed E-state index contributed by atoms with van der Waals surface area (Å²) in [6.45, 7) is -0.330. The summed E-state index contributed by atoms with van der Waals surface area (Å²) in [6.07, 6.45) is -42.2. The molecule has 5 saturated heterocycles. The van der Waals surface area contributed by atoms with Gasteiger partial charge in [0.05, 0.1) is 32.5 Å². The number of nitrogens with one attached hydrogen (secondary N) is 2. The van der Waals surface area contributed by atoms with Crippen LogP contribution in [-0.2, 0) is 52.2 Å². The maximum atomic E-state index is 12.0. The smallest absolute Gasteiger partial charge is 0.217 e.